The number of nitrogens with one attached hydrogen (secondary N) is 2. The molecule has 0 spiro atoms. The molecule has 2 aromatic carbocycles. The largest absolute Gasteiger partial charge is 0.351 e. The monoisotopic (exact) mass is 457 g/mol. The van der Waals surface area contributed by atoms with Gasteiger partial charge in [0.25, 0.3) is 0 Å². The highest BCUT2D eigenvalue weighted by Crippen LogP contribution is 2.29. The van der Waals surface area contributed by atoms with Crippen LogP contribution < -0.4 is 11.1 Å². The Bertz CT molecular complexity index is 1090. The fraction of sp³-hybridized carbons (Fsp3) is 0.296. The number of hydrogen-bond donors (Lipinski definition) is 3. The van der Waals surface area contributed by atoms with Gasteiger partial charge in [-0.05, 0) is 37.0 Å². The second-order valence-electron chi connectivity index (χ2n) is 8.57. The number of amides is 2. The van der Waals surface area contributed by atoms with Gasteiger partial charge >= 0.3 is 0 Å². The van der Waals surface area contributed by atoms with Crippen molar-refractivity contribution in [3.63, 3.8) is 0 Å². The molecule has 7 heteroatoms. The highest BCUT2D eigenvalue weighted by molar-refractivity contribution is 5.91. The molecule has 0 radical (unpaired) electrons. The summed E-state index contributed by atoms with van der Waals surface area (Å²) in [5, 5.41) is 2.92. The van der Waals surface area contributed by atoms with E-state index in [0.29, 0.717) is 19.5 Å². The van der Waals surface area contributed by atoms with Crippen LogP contribution in [-0.2, 0) is 9.59 Å². The normalized spacial score (nSPS) is 16.8. The van der Waals surface area contributed by atoms with Crippen molar-refractivity contribution in [3.05, 3.63) is 95.6 Å². The number of H-pyrrole nitrogens is 1. The molecule has 4 rings (SSSR count). The van der Waals surface area contributed by atoms with Gasteiger partial charge < -0.3 is 20.9 Å². The highest BCUT2D eigenvalue weighted by atomic mass is 16.2. The molecule has 34 heavy (non-hydrogen) atoms. The summed E-state index contributed by atoms with van der Waals surface area (Å²) < 4.78 is 0. The van der Waals surface area contributed by atoms with Crippen LogP contribution in [0.4, 0.5) is 0 Å². The third-order valence-electron chi connectivity index (χ3n) is 6.34. The number of likely N-dealkylation sites (tertiary alicyclic amines) is 1. The van der Waals surface area contributed by atoms with Crippen LogP contribution >= 0.6 is 0 Å². The topological polar surface area (TPSA) is 104 Å². The van der Waals surface area contributed by atoms with Crippen molar-refractivity contribution < 1.29 is 9.59 Å². The minimum atomic E-state index is -0.791. The van der Waals surface area contributed by atoms with Gasteiger partial charge in [0.05, 0.1) is 18.1 Å². The smallest absolute Gasteiger partial charge is 0.243 e. The molecule has 1 saturated heterocycles. The third kappa shape index (κ3) is 5.26. The Morgan fingerprint density at radius 3 is 2.38 bits per heavy atom. The summed E-state index contributed by atoms with van der Waals surface area (Å²) in [5.74, 6) is -0.644. The summed E-state index contributed by atoms with van der Waals surface area (Å²) >= 11 is 0. The standard InChI is InChI=1S/C27H31N5O2/c1-19-22(31-18-30-19)14-8-16-29-26(33)23-15-9-17-32(23)27(34)25(28)24(20-10-4-2-5-11-20)21-12-6-3-7-13-21/h2-8,10-14,18,23-25H,9,15-17,28H2,1H3,(H,29,33)(H,30,31)/b14-8+/t23-,25+/m0/s1. The fourth-order valence-corrected chi connectivity index (χ4v) is 4.55. The Balaban J connectivity index is 1.45. The molecule has 0 bridgehead atoms. The van der Waals surface area contributed by atoms with Crippen LogP contribution in [0.25, 0.3) is 6.08 Å². The first-order chi connectivity index (χ1) is 16.6. The molecule has 0 aliphatic carbocycles. The number of carbonyl (C=O) groups excluding carboxylic acids is 2. The number of imidazole rings is 1. The summed E-state index contributed by atoms with van der Waals surface area (Å²) in [7, 11) is 0. The molecule has 1 aliphatic heterocycles. The van der Waals surface area contributed by atoms with Gasteiger partial charge in [0, 0.05) is 24.7 Å². The van der Waals surface area contributed by atoms with E-state index >= 15 is 0 Å². The number of nitrogens with two attached hydrogens (primary N) is 1. The van der Waals surface area contributed by atoms with E-state index in [9.17, 15) is 9.59 Å². The molecule has 1 aliphatic rings. The summed E-state index contributed by atoms with van der Waals surface area (Å²) in [6.45, 7) is 2.84. The lowest BCUT2D eigenvalue weighted by molar-refractivity contribution is -0.139. The van der Waals surface area contributed by atoms with Crippen LogP contribution in [0.3, 0.4) is 0 Å². The maximum absolute atomic E-state index is 13.6. The number of aryl methyl sites for hydroxylation is 1. The van der Waals surface area contributed by atoms with Gasteiger partial charge in [-0.2, -0.15) is 0 Å². The zero-order valence-corrected chi connectivity index (χ0v) is 19.4. The van der Waals surface area contributed by atoms with Gasteiger partial charge in [0.1, 0.15) is 6.04 Å². The van der Waals surface area contributed by atoms with Crippen molar-refractivity contribution in [1.29, 1.82) is 0 Å². The Kier molecular flexibility index (Phi) is 7.54. The van der Waals surface area contributed by atoms with Crippen molar-refractivity contribution in [3.8, 4) is 0 Å². The minimum absolute atomic E-state index is 0.155. The first-order valence-corrected chi connectivity index (χ1v) is 11.7. The van der Waals surface area contributed by atoms with E-state index in [-0.39, 0.29) is 17.7 Å². The average molecular weight is 458 g/mol. The number of benzene rings is 2. The molecule has 1 fully saturated rings. The molecule has 176 valence electrons. The van der Waals surface area contributed by atoms with Gasteiger partial charge in [-0.25, -0.2) is 4.98 Å². The number of nitrogens with zero attached hydrogens (tertiary/aromatic N) is 2. The minimum Gasteiger partial charge on any atom is -0.351 e. The first kappa shape index (κ1) is 23.4. The molecule has 2 atom stereocenters. The van der Waals surface area contributed by atoms with Gasteiger partial charge in [-0.1, -0.05) is 66.7 Å². The zero-order chi connectivity index (χ0) is 23.9. The van der Waals surface area contributed by atoms with Crippen molar-refractivity contribution in [1.82, 2.24) is 20.2 Å². The van der Waals surface area contributed by atoms with E-state index in [4.69, 9.17) is 5.73 Å². The summed E-state index contributed by atoms with van der Waals surface area (Å²) in [4.78, 5) is 35.4. The zero-order valence-electron chi connectivity index (χ0n) is 19.4. The predicted octanol–water partition coefficient (Wildman–Crippen LogP) is 3.00. The molecule has 0 unspecified atom stereocenters. The Morgan fingerprint density at radius 2 is 1.79 bits per heavy atom. The number of rotatable bonds is 8. The lowest BCUT2D eigenvalue weighted by Gasteiger charge is -2.31. The number of hydrogen-bond acceptors (Lipinski definition) is 4. The SMILES string of the molecule is Cc1[nH]cnc1/C=C/CNC(=O)[C@@H]1CCCN1C(=O)[C@H](N)C(c1ccccc1)c1ccccc1. The molecule has 4 N–H and O–H groups in total. The van der Waals surface area contributed by atoms with Crippen LogP contribution in [0.2, 0.25) is 0 Å². The lowest BCUT2D eigenvalue weighted by atomic mass is 9.84. The Morgan fingerprint density at radius 1 is 1.15 bits per heavy atom. The second-order valence-corrected chi connectivity index (χ2v) is 8.57. The third-order valence-corrected chi connectivity index (χ3v) is 6.34. The van der Waals surface area contributed by atoms with Crippen molar-refractivity contribution in [2.24, 2.45) is 5.73 Å². The van der Waals surface area contributed by atoms with E-state index in [0.717, 1.165) is 28.9 Å². The van der Waals surface area contributed by atoms with E-state index in [2.05, 4.69) is 15.3 Å². The van der Waals surface area contributed by atoms with Crippen LogP contribution in [0.1, 0.15) is 41.3 Å². The average Bonchev–Trinajstić information content (AvgIpc) is 3.52. The van der Waals surface area contributed by atoms with Crippen LogP contribution in [0, 0.1) is 6.92 Å². The number of aromatic nitrogens is 2. The summed E-state index contributed by atoms with van der Waals surface area (Å²) in [6.07, 6.45) is 6.77. The maximum atomic E-state index is 13.6. The molecule has 2 heterocycles. The van der Waals surface area contributed by atoms with E-state index in [1.165, 1.54) is 0 Å². The van der Waals surface area contributed by atoms with Crippen molar-refractivity contribution in [2.75, 3.05) is 13.1 Å². The maximum Gasteiger partial charge on any atom is 0.243 e. The predicted molar refractivity (Wildman–Crippen MR) is 133 cm³/mol. The van der Waals surface area contributed by atoms with Crippen molar-refractivity contribution >= 4 is 17.9 Å². The van der Waals surface area contributed by atoms with Crippen LogP contribution in [-0.4, -0.2) is 51.9 Å². The van der Waals surface area contributed by atoms with Gasteiger partial charge in [-0.3, -0.25) is 9.59 Å². The Hall–Kier alpha value is -3.71. The molecule has 0 saturated carbocycles. The van der Waals surface area contributed by atoms with Crippen molar-refractivity contribution in [2.45, 2.75) is 37.8 Å². The molecule has 7 nitrogen and oxygen atoms in total. The first-order valence-electron chi connectivity index (χ1n) is 11.7. The lowest BCUT2D eigenvalue weighted by Crippen LogP contribution is -2.53. The second kappa shape index (κ2) is 10.9. The van der Waals surface area contributed by atoms with Gasteiger partial charge in [0.15, 0.2) is 0 Å². The number of aromatic amines is 1. The molecule has 3 aromatic rings. The highest BCUT2D eigenvalue weighted by Gasteiger charge is 2.39. The quantitative estimate of drug-likeness (QED) is 0.484. The summed E-state index contributed by atoms with van der Waals surface area (Å²) in [5.41, 5.74) is 10.4. The molecular formula is C27H31N5O2. The summed E-state index contributed by atoms with van der Waals surface area (Å²) in [6, 6.07) is 18.4. The van der Waals surface area contributed by atoms with Crippen LogP contribution in [0.5, 0.6) is 0 Å². The fourth-order valence-electron chi connectivity index (χ4n) is 4.55. The van der Waals surface area contributed by atoms with Gasteiger partial charge in [-0.15, -0.1) is 0 Å². The Labute approximate surface area is 200 Å². The van der Waals surface area contributed by atoms with Crippen LogP contribution in [0.15, 0.2) is 73.1 Å². The number of carbonyl (C=O) groups is 2. The van der Waals surface area contributed by atoms with Gasteiger partial charge in [0.2, 0.25) is 11.8 Å². The molecule has 1 aromatic heterocycles. The van der Waals surface area contributed by atoms with E-state index in [1.54, 1.807) is 11.2 Å². The molecular weight excluding hydrogens is 426 g/mol. The van der Waals surface area contributed by atoms with E-state index < -0.39 is 12.1 Å². The van der Waals surface area contributed by atoms with E-state index in [1.807, 2.05) is 79.7 Å². The molecule has 2 amide bonds.